The number of benzene rings is 1. The number of rotatable bonds is 3. The smallest absolute Gasteiger partial charge is 0.253 e. The van der Waals surface area contributed by atoms with Crippen LogP contribution in [0.3, 0.4) is 0 Å². The average Bonchev–Trinajstić information content (AvgIpc) is 3.05. The Morgan fingerprint density at radius 1 is 0.839 bits per heavy atom. The summed E-state index contributed by atoms with van der Waals surface area (Å²) in [4.78, 5) is 29.0. The first-order chi connectivity index (χ1) is 15.0. The van der Waals surface area contributed by atoms with Gasteiger partial charge in [-0.05, 0) is 73.0 Å². The first-order valence-electron chi connectivity index (χ1n) is 12.3. The lowest BCUT2D eigenvalue weighted by Gasteiger charge is -2.38. The largest absolute Gasteiger partial charge is 0.368 e. The van der Waals surface area contributed by atoms with Crippen LogP contribution in [0.4, 0.5) is 0 Å². The quantitative estimate of drug-likeness (QED) is 0.739. The van der Waals surface area contributed by atoms with E-state index in [1.165, 1.54) is 31.2 Å². The molecule has 5 heteroatoms. The van der Waals surface area contributed by atoms with Crippen molar-refractivity contribution in [2.45, 2.75) is 58.0 Å². The molecular formula is C26H36N2O3. The third kappa shape index (κ3) is 4.02. The Kier molecular flexibility index (Phi) is 5.80. The van der Waals surface area contributed by atoms with Crippen molar-refractivity contribution in [1.29, 1.82) is 0 Å². The van der Waals surface area contributed by atoms with Crippen LogP contribution in [0.2, 0.25) is 0 Å². The fraction of sp³-hybridized carbons (Fsp3) is 0.692. The maximum Gasteiger partial charge on any atom is 0.253 e. The van der Waals surface area contributed by atoms with E-state index in [1.54, 1.807) is 0 Å². The molecule has 1 aromatic carbocycles. The Balaban J connectivity index is 1.17. The molecule has 0 radical (unpaired) electrons. The molecule has 0 N–H and O–H groups in total. The normalized spacial score (nSPS) is 35.4. The van der Waals surface area contributed by atoms with E-state index in [2.05, 4.69) is 26.0 Å². The van der Waals surface area contributed by atoms with Crippen molar-refractivity contribution < 1.29 is 14.3 Å². The highest BCUT2D eigenvalue weighted by Crippen LogP contribution is 2.52. The van der Waals surface area contributed by atoms with Crippen LogP contribution in [0.1, 0.15) is 67.8 Å². The molecule has 2 saturated carbocycles. The number of carbonyl (C=O) groups excluding carboxylic acids is 2. The molecule has 5 nitrogen and oxygen atoms in total. The monoisotopic (exact) mass is 424 g/mol. The van der Waals surface area contributed by atoms with Gasteiger partial charge in [-0.15, -0.1) is 0 Å². The zero-order chi connectivity index (χ0) is 21.5. The predicted octanol–water partition coefficient (Wildman–Crippen LogP) is 3.94. The van der Waals surface area contributed by atoms with Crippen molar-refractivity contribution in [2.75, 3.05) is 32.8 Å². The van der Waals surface area contributed by atoms with Crippen LogP contribution in [0, 0.1) is 23.7 Å². The Morgan fingerprint density at radius 2 is 1.48 bits per heavy atom. The number of piperazine rings is 1. The summed E-state index contributed by atoms with van der Waals surface area (Å²) in [5.41, 5.74) is 2.17. The maximum absolute atomic E-state index is 13.0. The van der Waals surface area contributed by atoms with E-state index in [1.807, 2.05) is 21.9 Å². The van der Waals surface area contributed by atoms with Gasteiger partial charge in [-0.3, -0.25) is 9.59 Å². The van der Waals surface area contributed by atoms with E-state index in [9.17, 15) is 9.59 Å². The fourth-order valence-electron chi connectivity index (χ4n) is 6.67. The van der Waals surface area contributed by atoms with Gasteiger partial charge in [0.1, 0.15) is 6.10 Å². The first kappa shape index (κ1) is 21.0. The van der Waals surface area contributed by atoms with Gasteiger partial charge in [0.05, 0.1) is 6.61 Å². The minimum absolute atomic E-state index is 0.0838. The van der Waals surface area contributed by atoms with Crippen LogP contribution in [0.25, 0.3) is 0 Å². The summed E-state index contributed by atoms with van der Waals surface area (Å²) in [6.45, 7) is 7.97. The second-order valence-corrected chi connectivity index (χ2v) is 10.4. The van der Waals surface area contributed by atoms with Crippen LogP contribution in [0.5, 0.6) is 0 Å². The second-order valence-electron chi connectivity index (χ2n) is 10.4. The van der Waals surface area contributed by atoms with E-state index >= 15 is 0 Å². The molecule has 0 spiro atoms. The average molecular weight is 425 g/mol. The van der Waals surface area contributed by atoms with Crippen LogP contribution < -0.4 is 0 Å². The van der Waals surface area contributed by atoms with E-state index in [0.29, 0.717) is 38.7 Å². The van der Waals surface area contributed by atoms with Gasteiger partial charge in [-0.1, -0.05) is 26.0 Å². The third-order valence-corrected chi connectivity index (χ3v) is 8.64. The summed E-state index contributed by atoms with van der Waals surface area (Å²) in [6.07, 6.45) is 5.92. The van der Waals surface area contributed by atoms with Gasteiger partial charge < -0.3 is 14.5 Å². The van der Waals surface area contributed by atoms with Gasteiger partial charge in [0.25, 0.3) is 11.8 Å². The zero-order valence-corrected chi connectivity index (χ0v) is 19.0. The number of fused-ring (bicyclic) bond motifs is 1. The molecule has 2 saturated heterocycles. The number of hydrogen-bond acceptors (Lipinski definition) is 3. The Hall–Kier alpha value is -1.88. The molecule has 31 heavy (non-hydrogen) atoms. The highest BCUT2D eigenvalue weighted by molar-refractivity contribution is 5.94. The SMILES string of the molecule is CC1CC(C)C2CC(c3ccc(C(=O)N4CCN(C(=O)C5CCO5)CC4)cc3)CCC12. The van der Waals surface area contributed by atoms with E-state index < -0.39 is 0 Å². The van der Waals surface area contributed by atoms with Crippen LogP contribution >= 0.6 is 0 Å². The molecule has 5 rings (SSSR count). The lowest BCUT2D eigenvalue weighted by atomic mass is 9.70. The number of carbonyl (C=O) groups is 2. The topological polar surface area (TPSA) is 49.9 Å². The first-order valence-corrected chi connectivity index (χ1v) is 12.3. The minimum Gasteiger partial charge on any atom is -0.368 e. The maximum atomic E-state index is 13.0. The molecule has 0 aromatic heterocycles. The molecular weight excluding hydrogens is 388 g/mol. The second kappa shape index (κ2) is 8.57. The van der Waals surface area contributed by atoms with Gasteiger partial charge >= 0.3 is 0 Å². The number of ether oxygens (including phenoxy) is 1. The highest BCUT2D eigenvalue weighted by atomic mass is 16.5. The number of nitrogens with zero attached hydrogens (tertiary/aromatic N) is 2. The standard InChI is InChI=1S/C26H36N2O3/c1-17-15-18(2)23-16-21(7-8-22(17)23)19-3-5-20(6-4-19)25(29)27-10-12-28(13-11-27)26(30)24-9-14-31-24/h3-6,17-18,21-24H,7-16H2,1-2H3. The van der Waals surface area contributed by atoms with Gasteiger partial charge in [0.15, 0.2) is 0 Å². The number of amides is 2. The Bertz CT molecular complexity index is 810. The summed E-state index contributed by atoms with van der Waals surface area (Å²) >= 11 is 0. The molecule has 4 aliphatic rings. The lowest BCUT2D eigenvalue weighted by Crippen LogP contribution is -2.54. The molecule has 6 unspecified atom stereocenters. The van der Waals surface area contributed by atoms with Crippen LogP contribution in [-0.2, 0) is 9.53 Å². The molecule has 2 aliphatic carbocycles. The Labute approximate surface area is 186 Å². The van der Waals surface area contributed by atoms with Gasteiger partial charge in [-0.25, -0.2) is 0 Å². The van der Waals surface area contributed by atoms with Crippen molar-refractivity contribution in [3.63, 3.8) is 0 Å². The molecule has 2 aliphatic heterocycles. The fourth-order valence-corrected chi connectivity index (χ4v) is 6.67. The summed E-state index contributed by atoms with van der Waals surface area (Å²) in [7, 11) is 0. The number of hydrogen-bond donors (Lipinski definition) is 0. The molecule has 1 aromatic rings. The van der Waals surface area contributed by atoms with Gasteiger partial charge in [0.2, 0.25) is 0 Å². The summed E-state index contributed by atoms with van der Waals surface area (Å²) in [5, 5.41) is 0. The van der Waals surface area contributed by atoms with Gasteiger partial charge in [0, 0.05) is 38.2 Å². The molecule has 2 amide bonds. The summed E-state index contributed by atoms with van der Waals surface area (Å²) in [5.74, 6) is 4.35. The minimum atomic E-state index is -0.250. The van der Waals surface area contributed by atoms with E-state index in [0.717, 1.165) is 35.7 Å². The molecule has 6 atom stereocenters. The van der Waals surface area contributed by atoms with Crippen LogP contribution in [0.15, 0.2) is 24.3 Å². The van der Waals surface area contributed by atoms with Gasteiger partial charge in [-0.2, -0.15) is 0 Å². The lowest BCUT2D eigenvalue weighted by molar-refractivity contribution is -0.157. The van der Waals surface area contributed by atoms with Crippen molar-refractivity contribution in [1.82, 2.24) is 9.80 Å². The molecule has 4 fully saturated rings. The van der Waals surface area contributed by atoms with Crippen molar-refractivity contribution in [2.24, 2.45) is 23.7 Å². The zero-order valence-electron chi connectivity index (χ0n) is 19.0. The van der Waals surface area contributed by atoms with Crippen molar-refractivity contribution >= 4 is 11.8 Å². The third-order valence-electron chi connectivity index (χ3n) is 8.64. The molecule has 168 valence electrons. The van der Waals surface area contributed by atoms with E-state index in [-0.39, 0.29) is 17.9 Å². The van der Waals surface area contributed by atoms with E-state index in [4.69, 9.17) is 4.74 Å². The van der Waals surface area contributed by atoms with Crippen molar-refractivity contribution in [3.05, 3.63) is 35.4 Å². The highest BCUT2D eigenvalue weighted by Gasteiger charge is 2.42. The molecule has 2 heterocycles. The van der Waals surface area contributed by atoms with Crippen molar-refractivity contribution in [3.8, 4) is 0 Å². The molecule has 0 bridgehead atoms. The Morgan fingerprint density at radius 3 is 2.13 bits per heavy atom. The summed E-state index contributed by atoms with van der Waals surface area (Å²) in [6, 6.07) is 8.42. The summed E-state index contributed by atoms with van der Waals surface area (Å²) < 4.78 is 5.31. The predicted molar refractivity (Wildman–Crippen MR) is 120 cm³/mol. The van der Waals surface area contributed by atoms with Crippen LogP contribution in [-0.4, -0.2) is 60.5 Å².